The van der Waals surface area contributed by atoms with Crippen molar-refractivity contribution in [2.45, 2.75) is 31.8 Å². The molecular formula is C15H20Cl2N2O2. The van der Waals surface area contributed by atoms with Crippen molar-refractivity contribution in [3.8, 4) is 0 Å². The molecule has 0 saturated carbocycles. The highest BCUT2D eigenvalue weighted by molar-refractivity contribution is 6.35. The Labute approximate surface area is 135 Å². The zero-order valence-corrected chi connectivity index (χ0v) is 13.5. The maximum absolute atomic E-state index is 12.1. The lowest BCUT2D eigenvalue weighted by Gasteiger charge is -2.22. The van der Waals surface area contributed by atoms with E-state index in [-0.39, 0.29) is 5.91 Å². The molecule has 116 valence electrons. The molecule has 1 atom stereocenters. The molecule has 1 unspecified atom stereocenters. The summed E-state index contributed by atoms with van der Waals surface area (Å²) in [5, 5.41) is 13.8. The molecule has 0 bridgehead atoms. The van der Waals surface area contributed by atoms with E-state index in [1.807, 2.05) is 6.92 Å². The first kappa shape index (κ1) is 16.6. The Kier molecular flexibility index (Phi) is 5.49. The van der Waals surface area contributed by atoms with Crippen molar-refractivity contribution in [2.75, 3.05) is 25.0 Å². The number of nitrogens with one attached hydrogen (secondary N) is 1. The first-order valence-corrected chi connectivity index (χ1v) is 7.81. The van der Waals surface area contributed by atoms with Crippen molar-refractivity contribution in [2.24, 2.45) is 0 Å². The molecule has 1 aromatic carbocycles. The van der Waals surface area contributed by atoms with Gasteiger partial charge in [-0.2, -0.15) is 0 Å². The van der Waals surface area contributed by atoms with Crippen molar-refractivity contribution < 1.29 is 9.90 Å². The summed E-state index contributed by atoms with van der Waals surface area (Å²) < 4.78 is 0. The molecule has 1 aromatic rings. The number of hydrogen-bond acceptors (Lipinski definition) is 3. The third-order valence-corrected chi connectivity index (χ3v) is 4.29. The van der Waals surface area contributed by atoms with Crippen LogP contribution in [0.1, 0.15) is 26.2 Å². The highest BCUT2D eigenvalue weighted by Gasteiger charge is 2.25. The number of halogens is 2. The van der Waals surface area contributed by atoms with Gasteiger partial charge in [-0.15, -0.1) is 0 Å². The molecule has 2 N–H and O–H groups in total. The fourth-order valence-corrected chi connectivity index (χ4v) is 2.80. The fraction of sp³-hybridized carbons (Fsp3) is 0.533. The van der Waals surface area contributed by atoms with Crippen LogP contribution in [0, 0.1) is 0 Å². The minimum Gasteiger partial charge on any atom is -0.390 e. The van der Waals surface area contributed by atoms with Crippen LogP contribution < -0.4 is 5.32 Å². The Morgan fingerprint density at radius 1 is 1.38 bits per heavy atom. The SMILES string of the molecule is CC1(O)CCCN(CC(=O)Nc2cc(Cl)ccc2Cl)CC1. The average Bonchev–Trinajstić information content (AvgIpc) is 2.55. The molecule has 1 amide bonds. The molecule has 4 nitrogen and oxygen atoms in total. The number of amides is 1. The van der Waals surface area contributed by atoms with E-state index in [4.69, 9.17) is 23.2 Å². The summed E-state index contributed by atoms with van der Waals surface area (Å²) in [5.74, 6) is -0.124. The predicted molar refractivity (Wildman–Crippen MR) is 86.0 cm³/mol. The van der Waals surface area contributed by atoms with Crippen molar-refractivity contribution in [3.63, 3.8) is 0 Å². The first-order valence-electron chi connectivity index (χ1n) is 7.05. The van der Waals surface area contributed by atoms with Crippen molar-refractivity contribution in [3.05, 3.63) is 28.2 Å². The maximum Gasteiger partial charge on any atom is 0.238 e. The molecule has 0 aromatic heterocycles. The van der Waals surface area contributed by atoms with Gasteiger partial charge in [-0.25, -0.2) is 0 Å². The Balaban J connectivity index is 1.91. The molecule has 1 aliphatic heterocycles. The second kappa shape index (κ2) is 6.97. The molecule has 6 heteroatoms. The van der Waals surface area contributed by atoms with Crippen LogP contribution in [0.5, 0.6) is 0 Å². The monoisotopic (exact) mass is 330 g/mol. The largest absolute Gasteiger partial charge is 0.390 e. The van der Waals surface area contributed by atoms with Crippen LogP contribution in [0.3, 0.4) is 0 Å². The van der Waals surface area contributed by atoms with Gasteiger partial charge in [0, 0.05) is 11.6 Å². The second-order valence-electron chi connectivity index (χ2n) is 5.80. The quantitative estimate of drug-likeness (QED) is 0.894. The van der Waals surface area contributed by atoms with E-state index in [0.29, 0.717) is 35.2 Å². The summed E-state index contributed by atoms with van der Waals surface area (Å²) in [5.41, 5.74) is -0.0995. The summed E-state index contributed by atoms with van der Waals surface area (Å²) >= 11 is 11.9. The van der Waals surface area contributed by atoms with Gasteiger partial charge in [0.1, 0.15) is 0 Å². The summed E-state index contributed by atoms with van der Waals surface area (Å²) in [6, 6.07) is 4.97. The smallest absolute Gasteiger partial charge is 0.238 e. The van der Waals surface area contributed by atoms with Gasteiger partial charge in [0.2, 0.25) is 5.91 Å². The van der Waals surface area contributed by atoms with Crippen LogP contribution >= 0.6 is 23.2 Å². The Morgan fingerprint density at radius 3 is 2.90 bits per heavy atom. The molecule has 0 radical (unpaired) electrons. The lowest BCUT2D eigenvalue weighted by atomic mass is 9.98. The summed E-state index contributed by atoms with van der Waals surface area (Å²) in [6.07, 6.45) is 2.33. The van der Waals surface area contributed by atoms with Gasteiger partial charge in [0.05, 0.1) is 22.9 Å². The number of carbonyl (C=O) groups is 1. The molecular weight excluding hydrogens is 311 g/mol. The van der Waals surface area contributed by atoms with E-state index in [0.717, 1.165) is 19.4 Å². The van der Waals surface area contributed by atoms with Gasteiger partial charge in [0.25, 0.3) is 0 Å². The lowest BCUT2D eigenvalue weighted by Crippen LogP contribution is -2.35. The molecule has 0 aliphatic carbocycles. The van der Waals surface area contributed by atoms with Crippen LogP contribution in [-0.4, -0.2) is 41.1 Å². The van der Waals surface area contributed by atoms with E-state index >= 15 is 0 Å². The van der Waals surface area contributed by atoms with E-state index in [1.54, 1.807) is 18.2 Å². The lowest BCUT2D eigenvalue weighted by molar-refractivity contribution is -0.117. The third-order valence-electron chi connectivity index (χ3n) is 3.73. The highest BCUT2D eigenvalue weighted by Crippen LogP contribution is 2.25. The number of benzene rings is 1. The molecule has 2 rings (SSSR count). The normalized spacial score (nSPS) is 23.6. The Hall–Kier alpha value is -0.810. The van der Waals surface area contributed by atoms with Gasteiger partial charge in [0.15, 0.2) is 0 Å². The van der Waals surface area contributed by atoms with Crippen LogP contribution in [0.2, 0.25) is 10.0 Å². The maximum atomic E-state index is 12.1. The number of likely N-dealkylation sites (tertiary alicyclic amines) is 1. The highest BCUT2D eigenvalue weighted by atomic mass is 35.5. The van der Waals surface area contributed by atoms with Gasteiger partial charge in [-0.3, -0.25) is 9.69 Å². The molecule has 21 heavy (non-hydrogen) atoms. The second-order valence-corrected chi connectivity index (χ2v) is 6.64. The van der Waals surface area contributed by atoms with Crippen LogP contribution in [-0.2, 0) is 4.79 Å². The summed E-state index contributed by atoms with van der Waals surface area (Å²) in [6.45, 7) is 3.66. The van der Waals surface area contributed by atoms with Gasteiger partial charge >= 0.3 is 0 Å². The standard InChI is InChI=1S/C15H20Cl2N2O2/c1-15(21)5-2-7-19(8-6-15)10-14(20)18-13-9-11(16)3-4-12(13)17/h3-4,9,21H,2,5-8,10H2,1H3,(H,18,20). The fourth-order valence-electron chi connectivity index (χ4n) is 2.46. The molecule has 1 heterocycles. The number of hydrogen-bond donors (Lipinski definition) is 2. The van der Waals surface area contributed by atoms with E-state index in [1.165, 1.54) is 0 Å². The molecule has 1 fully saturated rings. The molecule has 0 spiro atoms. The van der Waals surface area contributed by atoms with E-state index in [9.17, 15) is 9.90 Å². The van der Waals surface area contributed by atoms with Crippen molar-refractivity contribution >= 4 is 34.8 Å². The van der Waals surface area contributed by atoms with Crippen molar-refractivity contribution in [1.82, 2.24) is 4.90 Å². The van der Waals surface area contributed by atoms with Crippen LogP contribution in [0.15, 0.2) is 18.2 Å². The summed E-state index contributed by atoms with van der Waals surface area (Å²) in [7, 11) is 0. The Morgan fingerprint density at radius 2 is 2.14 bits per heavy atom. The minimum atomic E-state index is -0.624. The number of anilines is 1. The zero-order valence-electron chi connectivity index (χ0n) is 12.0. The van der Waals surface area contributed by atoms with E-state index in [2.05, 4.69) is 10.2 Å². The van der Waals surface area contributed by atoms with Crippen LogP contribution in [0.25, 0.3) is 0 Å². The first-order chi connectivity index (χ1) is 9.85. The Bertz CT molecular complexity index is 520. The average molecular weight is 331 g/mol. The number of rotatable bonds is 3. The molecule has 1 saturated heterocycles. The zero-order chi connectivity index (χ0) is 15.5. The minimum absolute atomic E-state index is 0.124. The van der Waals surface area contributed by atoms with E-state index < -0.39 is 5.60 Å². The predicted octanol–water partition coefficient (Wildman–Crippen LogP) is 3.17. The topological polar surface area (TPSA) is 52.6 Å². The van der Waals surface area contributed by atoms with Crippen molar-refractivity contribution in [1.29, 1.82) is 0 Å². The third kappa shape index (κ3) is 5.15. The number of aliphatic hydroxyl groups is 1. The van der Waals surface area contributed by atoms with Gasteiger partial charge in [-0.05, 0) is 50.9 Å². The number of carbonyl (C=O) groups excluding carboxylic acids is 1. The number of nitrogens with zero attached hydrogens (tertiary/aromatic N) is 1. The van der Waals surface area contributed by atoms with Gasteiger partial charge < -0.3 is 10.4 Å². The van der Waals surface area contributed by atoms with Gasteiger partial charge in [-0.1, -0.05) is 23.2 Å². The summed E-state index contributed by atoms with van der Waals surface area (Å²) in [4.78, 5) is 14.2. The van der Waals surface area contributed by atoms with Crippen LogP contribution in [0.4, 0.5) is 5.69 Å². The molecule has 1 aliphatic rings.